The fourth-order valence-corrected chi connectivity index (χ4v) is 2.34. The summed E-state index contributed by atoms with van der Waals surface area (Å²) in [7, 11) is -3.70. The van der Waals surface area contributed by atoms with Gasteiger partial charge in [-0.2, -0.15) is 13.5 Å². The molecule has 0 spiro atoms. The smallest absolute Gasteiger partial charge is 0.276 e. The van der Waals surface area contributed by atoms with Crippen LogP contribution in [0, 0.1) is 0 Å². The minimum absolute atomic E-state index is 0.0389. The molecule has 0 heterocycles. The average molecular weight is 303 g/mol. The van der Waals surface area contributed by atoms with Crippen LogP contribution in [-0.4, -0.2) is 20.6 Å². The Balaban J connectivity index is 2.07. The maximum atomic E-state index is 11.9. The SMILES string of the molecule is O=C([O-])c1ccc(/C=N/NS(=O)(=O)c2ccccc2)cc1. The topological polar surface area (TPSA) is 98.7 Å². The third kappa shape index (κ3) is 3.90. The number of carboxylic acid groups (broad SMARTS) is 1. The molecule has 0 amide bonds. The van der Waals surface area contributed by atoms with Crippen LogP contribution in [0.5, 0.6) is 0 Å². The molecule has 21 heavy (non-hydrogen) atoms. The van der Waals surface area contributed by atoms with E-state index in [1.54, 1.807) is 18.2 Å². The molecule has 108 valence electrons. The minimum atomic E-state index is -3.70. The van der Waals surface area contributed by atoms with Gasteiger partial charge in [-0.25, -0.2) is 4.83 Å². The molecule has 0 unspecified atom stereocenters. The summed E-state index contributed by atoms with van der Waals surface area (Å²) in [4.78, 5) is 12.8. The molecule has 6 nitrogen and oxygen atoms in total. The van der Waals surface area contributed by atoms with Crippen LogP contribution in [0.2, 0.25) is 0 Å². The zero-order chi connectivity index (χ0) is 15.3. The quantitative estimate of drug-likeness (QED) is 0.637. The van der Waals surface area contributed by atoms with Crippen molar-refractivity contribution in [3.8, 4) is 0 Å². The summed E-state index contributed by atoms with van der Waals surface area (Å²) in [6.45, 7) is 0. The van der Waals surface area contributed by atoms with Crippen LogP contribution < -0.4 is 9.94 Å². The van der Waals surface area contributed by atoms with Gasteiger partial charge < -0.3 is 9.90 Å². The van der Waals surface area contributed by atoms with E-state index in [-0.39, 0.29) is 10.5 Å². The van der Waals surface area contributed by atoms with E-state index >= 15 is 0 Å². The lowest BCUT2D eigenvalue weighted by Crippen LogP contribution is -2.22. The standard InChI is InChI=1S/C14H12N2O4S/c17-14(18)12-8-6-11(7-9-12)10-15-16-21(19,20)13-4-2-1-3-5-13/h1-10,16H,(H,17,18)/p-1/b15-10+. The molecular weight excluding hydrogens is 292 g/mol. The maximum absolute atomic E-state index is 11.9. The van der Waals surface area contributed by atoms with Crippen LogP contribution in [0.1, 0.15) is 15.9 Å². The highest BCUT2D eigenvalue weighted by atomic mass is 32.2. The summed E-state index contributed by atoms with van der Waals surface area (Å²) in [5.41, 5.74) is 0.591. The lowest BCUT2D eigenvalue weighted by Gasteiger charge is -2.03. The number of sulfonamides is 1. The van der Waals surface area contributed by atoms with Crippen molar-refractivity contribution in [2.45, 2.75) is 4.90 Å². The average Bonchev–Trinajstić information content (AvgIpc) is 2.48. The number of carbonyl (C=O) groups is 1. The predicted molar refractivity (Wildman–Crippen MR) is 75.1 cm³/mol. The second-order valence-corrected chi connectivity index (χ2v) is 5.74. The van der Waals surface area contributed by atoms with Gasteiger partial charge in [0.05, 0.1) is 17.1 Å². The molecule has 0 saturated heterocycles. The Kier molecular flexibility index (Phi) is 4.34. The van der Waals surface area contributed by atoms with Crippen LogP contribution in [0.25, 0.3) is 0 Å². The number of nitrogens with one attached hydrogen (secondary N) is 1. The van der Waals surface area contributed by atoms with E-state index in [0.717, 1.165) is 0 Å². The van der Waals surface area contributed by atoms with E-state index in [1.165, 1.54) is 42.6 Å². The number of nitrogens with zero attached hydrogens (tertiary/aromatic N) is 1. The molecule has 0 saturated carbocycles. The first-order valence-corrected chi connectivity index (χ1v) is 7.39. The summed E-state index contributed by atoms with van der Waals surface area (Å²) in [6, 6.07) is 13.5. The monoisotopic (exact) mass is 303 g/mol. The molecule has 0 aliphatic carbocycles. The summed E-state index contributed by atoms with van der Waals surface area (Å²) in [5.74, 6) is -1.27. The maximum Gasteiger partial charge on any atom is 0.276 e. The van der Waals surface area contributed by atoms with Crippen LogP contribution >= 0.6 is 0 Å². The van der Waals surface area contributed by atoms with Gasteiger partial charge in [-0.3, -0.25) is 0 Å². The number of aromatic carboxylic acids is 1. The van der Waals surface area contributed by atoms with Crippen molar-refractivity contribution in [1.82, 2.24) is 4.83 Å². The Morgan fingerprint density at radius 2 is 1.67 bits per heavy atom. The third-order valence-electron chi connectivity index (χ3n) is 2.59. The molecule has 2 rings (SSSR count). The van der Waals surface area contributed by atoms with Gasteiger partial charge in [0.15, 0.2) is 0 Å². The molecule has 0 atom stereocenters. The Hall–Kier alpha value is -2.67. The highest BCUT2D eigenvalue weighted by Gasteiger charge is 2.10. The van der Waals surface area contributed by atoms with Crippen molar-refractivity contribution in [2.24, 2.45) is 5.10 Å². The molecule has 0 bridgehead atoms. The number of rotatable bonds is 5. The molecule has 0 aromatic heterocycles. The predicted octanol–water partition coefficient (Wildman–Crippen LogP) is 0.362. The first-order valence-electron chi connectivity index (χ1n) is 5.90. The number of hydrogen-bond acceptors (Lipinski definition) is 5. The van der Waals surface area contributed by atoms with Crippen LogP contribution in [0.4, 0.5) is 0 Å². The largest absolute Gasteiger partial charge is 0.545 e. The van der Waals surface area contributed by atoms with Crippen molar-refractivity contribution in [1.29, 1.82) is 0 Å². The first kappa shape index (κ1) is 14.7. The van der Waals surface area contributed by atoms with Gasteiger partial charge in [0.25, 0.3) is 10.0 Å². The van der Waals surface area contributed by atoms with Gasteiger partial charge in [-0.15, -0.1) is 0 Å². The Labute approximate surface area is 121 Å². The number of carboxylic acids is 1. The van der Waals surface area contributed by atoms with Crippen LogP contribution in [-0.2, 0) is 10.0 Å². The Morgan fingerprint density at radius 3 is 2.24 bits per heavy atom. The first-order chi connectivity index (χ1) is 9.99. The van der Waals surface area contributed by atoms with E-state index < -0.39 is 16.0 Å². The molecule has 0 radical (unpaired) electrons. The van der Waals surface area contributed by atoms with Crippen molar-refractivity contribution in [2.75, 3.05) is 0 Å². The summed E-state index contributed by atoms with van der Waals surface area (Å²) >= 11 is 0. The lowest BCUT2D eigenvalue weighted by molar-refractivity contribution is -0.255. The fraction of sp³-hybridized carbons (Fsp3) is 0. The zero-order valence-corrected chi connectivity index (χ0v) is 11.6. The van der Waals surface area contributed by atoms with E-state index in [1.807, 2.05) is 0 Å². The van der Waals surface area contributed by atoms with E-state index in [0.29, 0.717) is 5.56 Å². The third-order valence-corrected chi connectivity index (χ3v) is 3.82. The van der Waals surface area contributed by atoms with E-state index in [9.17, 15) is 18.3 Å². The number of hydrazone groups is 1. The van der Waals surface area contributed by atoms with Crippen molar-refractivity contribution in [3.05, 3.63) is 65.7 Å². The Morgan fingerprint density at radius 1 is 1.05 bits per heavy atom. The van der Waals surface area contributed by atoms with E-state index in [2.05, 4.69) is 9.93 Å². The van der Waals surface area contributed by atoms with Gasteiger partial charge in [0.2, 0.25) is 0 Å². The molecule has 0 aliphatic rings. The molecule has 0 aliphatic heterocycles. The number of hydrogen-bond donors (Lipinski definition) is 1. The van der Waals surface area contributed by atoms with Crippen LogP contribution in [0.15, 0.2) is 64.6 Å². The fourth-order valence-electron chi connectivity index (χ4n) is 1.53. The highest BCUT2D eigenvalue weighted by molar-refractivity contribution is 7.89. The molecule has 2 aromatic rings. The van der Waals surface area contributed by atoms with Gasteiger partial charge in [-0.05, 0) is 23.3 Å². The summed E-state index contributed by atoms with van der Waals surface area (Å²) in [6.07, 6.45) is 1.28. The highest BCUT2D eigenvalue weighted by Crippen LogP contribution is 2.07. The summed E-state index contributed by atoms with van der Waals surface area (Å²) < 4.78 is 23.7. The Bertz CT molecular complexity index is 753. The minimum Gasteiger partial charge on any atom is -0.545 e. The normalized spacial score (nSPS) is 11.4. The van der Waals surface area contributed by atoms with Crippen molar-refractivity contribution in [3.63, 3.8) is 0 Å². The zero-order valence-electron chi connectivity index (χ0n) is 10.8. The van der Waals surface area contributed by atoms with Crippen LogP contribution in [0.3, 0.4) is 0 Å². The molecule has 1 N–H and O–H groups in total. The van der Waals surface area contributed by atoms with Gasteiger partial charge in [-0.1, -0.05) is 42.5 Å². The summed E-state index contributed by atoms with van der Waals surface area (Å²) in [5, 5.41) is 14.2. The second kappa shape index (κ2) is 6.19. The van der Waals surface area contributed by atoms with Crippen molar-refractivity contribution < 1.29 is 18.3 Å². The molecule has 2 aromatic carbocycles. The van der Waals surface area contributed by atoms with Gasteiger partial charge in [0.1, 0.15) is 0 Å². The molecular formula is C14H11N2O4S-. The molecule has 0 fully saturated rings. The van der Waals surface area contributed by atoms with Gasteiger partial charge >= 0.3 is 0 Å². The second-order valence-electron chi connectivity index (χ2n) is 4.08. The van der Waals surface area contributed by atoms with Gasteiger partial charge in [0, 0.05) is 0 Å². The lowest BCUT2D eigenvalue weighted by atomic mass is 10.1. The number of carbonyl (C=O) groups excluding carboxylic acids is 1. The molecule has 7 heteroatoms. The van der Waals surface area contributed by atoms with E-state index in [4.69, 9.17) is 0 Å². The van der Waals surface area contributed by atoms with Crippen molar-refractivity contribution >= 4 is 22.2 Å². The number of benzene rings is 2.